The molecule has 22 heteroatoms. The molecule has 2 heterocycles. The highest BCUT2D eigenvalue weighted by Crippen LogP contribution is 2.28. The highest BCUT2D eigenvalue weighted by molar-refractivity contribution is 14.1. The number of rotatable bonds is 13. The van der Waals surface area contributed by atoms with E-state index in [0.29, 0.717) is 21.4 Å². The van der Waals surface area contributed by atoms with Crippen molar-refractivity contribution in [2.45, 2.75) is 26.4 Å². The lowest BCUT2D eigenvalue weighted by atomic mass is 10.2. The molecule has 56 heavy (non-hydrogen) atoms. The first kappa shape index (κ1) is 46.6. The molecule has 0 aliphatic rings. The van der Waals surface area contributed by atoms with Gasteiger partial charge in [-0.3, -0.25) is 47.1 Å². The van der Waals surface area contributed by atoms with E-state index in [2.05, 4.69) is 66.8 Å². The molecule has 2 aromatic heterocycles. The van der Waals surface area contributed by atoms with Crippen molar-refractivity contribution in [3.05, 3.63) is 106 Å². The maximum atomic E-state index is 12.7. The van der Waals surface area contributed by atoms with Crippen molar-refractivity contribution in [2.24, 2.45) is 28.2 Å². The maximum absolute atomic E-state index is 12.7. The second kappa shape index (κ2) is 20.6. The maximum Gasteiger partial charge on any atom is 0.332 e. The number of anilines is 4. The number of carbonyl (C=O) groups excluding carboxylic acids is 2. The number of aliphatic hydroxyl groups excluding tert-OH is 1. The van der Waals surface area contributed by atoms with Crippen molar-refractivity contribution in [2.75, 3.05) is 37.1 Å². The van der Waals surface area contributed by atoms with Gasteiger partial charge in [0, 0.05) is 35.3 Å². The number of amides is 2. The molecular weight excluding hydrogens is 1010 g/mol. The summed E-state index contributed by atoms with van der Waals surface area (Å²) in [6, 6.07) is 10.3. The van der Waals surface area contributed by atoms with Crippen LogP contribution < -0.4 is 44.1 Å². The first-order valence-corrected chi connectivity index (χ1v) is 19.2. The molecule has 5 N–H and O–H groups in total. The Morgan fingerprint density at radius 3 is 1.43 bits per heavy atom. The van der Waals surface area contributed by atoms with Crippen LogP contribution in [0.25, 0.3) is 0 Å². The average molecular weight is 1050 g/mol. The minimum atomic E-state index is -0.862. The van der Waals surface area contributed by atoms with Crippen LogP contribution in [0.15, 0.2) is 55.6 Å². The molecule has 0 bridgehead atoms. The summed E-state index contributed by atoms with van der Waals surface area (Å²) in [6.45, 7) is 5.56. The van der Waals surface area contributed by atoms with Gasteiger partial charge in [0.1, 0.15) is 22.8 Å². The molecule has 4 rings (SSSR count). The summed E-state index contributed by atoms with van der Waals surface area (Å²) in [5.74, 6) is -1.70. The fourth-order valence-corrected chi connectivity index (χ4v) is 6.40. The molecule has 304 valence electrons. The van der Waals surface area contributed by atoms with Crippen LogP contribution in [0.3, 0.4) is 0 Å². The Labute approximate surface area is 357 Å². The lowest BCUT2D eigenvalue weighted by Gasteiger charge is -2.19. The molecule has 0 saturated heterocycles. The zero-order valence-electron chi connectivity index (χ0n) is 31.2. The Bertz CT molecular complexity index is 2340. The van der Waals surface area contributed by atoms with Crippen molar-refractivity contribution >= 4 is 103 Å². The third kappa shape index (κ3) is 12.1. The van der Waals surface area contributed by atoms with E-state index in [0.717, 1.165) is 25.4 Å². The molecule has 0 spiro atoms. The van der Waals surface area contributed by atoms with Gasteiger partial charge < -0.3 is 20.5 Å². The Balaban J connectivity index is 0.000000303. The predicted molar refractivity (Wildman–Crippen MR) is 228 cm³/mol. The van der Waals surface area contributed by atoms with Crippen LogP contribution in [0.4, 0.5) is 23.0 Å². The Morgan fingerprint density at radius 1 is 0.679 bits per heavy atom. The van der Waals surface area contributed by atoms with Gasteiger partial charge in [-0.2, -0.15) is 0 Å². The van der Waals surface area contributed by atoms with Crippen LogP contribution in [-0.2, 0) is 42.6 Å². The molecule has 0 unspecified atom stereocenters. The average Bonchev–Trinajstić information content (AvgIpc) is 3.12. The highest BCUT2D eigenvalue weighted by atomic mass is 127. The molecule has 0 fully saturated rings. The summed E-state index contributed by atoms with van der Waals surface area (Å²) in [6.07, 6.45) is 0. The molecule has 0 saturated carbocycles. The van der Waals surface area contributed by atoms with Gasteiger partial charge in [-0.1, -0.05) is 23.2 Å². The molecule has 18 nitrogen and oxygen atoms in total. The van der Waals surface area contributed by atoms with Crippen molar-refractivity contribution < 1.29 is 29.1 Å². The van der Waals surface area contributed by atoms with Crippen LogP contribution in [0.5, 0.6) is 0 Å². The Morgan fingerprint density at radius 2 is 1.07 bits per heavy atom. The SMILES string of the molecule is Cn1c(Nc2ccc(I)cc2Cl)c(C(=O)NOCCO)c(=O)n(C)c1=O.Cn1c(Nc2ccc(I)cc2Cl)c(C(=O)NOCCOC(C)(C)C)c(=O)n(C)c1=O. The van der Waals surface area contributed by atoms with Gasteiger partial charge in [-0.05, 0) is 102 Å². The van der Waals surface area contributed by atoms with Gasteiger partial charge >= 0.3 is 11.4 Å². The van der Waals surface area contributed by atoms with Crippen molar-refractivity contribution in [1.29, 1.82) is 0 Å². The third-order valence-electron chi connectivity index (χ3n) is 7.40. The molecule has 2 aromatic carbocycles. The second-order valence-corrected chi connectivity index (χ2v) is 15.9. The zero-order valence-corrected chi connectivity index (χ0v) is 37.0. The number of halogens is 4. The third-order valence-corrected chi connectivity index (χ3v) is 9.36. The summed E-state index contributed by atoms with van der Waals surface area (Å²) < 4.78 is 11.2. The van der Waals surface area contributed by atoms with E-state index in [9.17, 15) is 28.8 Å². The van der Waals surface area contributed by atoms with Crippen molar-refractivity contribution in [3.8, 4) is 0 Å². The Kier molecular flexibility index (Phi) is 17.1. The van der Waals surface area contributed by atoms with E-state index < -0.39 is 34.3 Å². The quantitative estimate of drug-likeness (QED) is 0.0741. The van der Waals surface area contributed by atoms with Crippen molar-refractivity contribution in [1.82, 2.24) is 29.2 Å². The van der Waals surface area contributed by atoms with E-state index in [-0.39, 0.29) is 54.8 Å². The lowest BCUT2D eigenvalue weighted by Crippen LogP contribution is -2.43. The minimum Gasteiger partial charge on any atom is -0.394 e. The van der Waals surface area contributed by atoms with E-state index in [1.165, 1.54) is 28.2 Å². The molecule has 0 atom stereocenters. The number of nitrogens with zero attached hydrogens (tertiary/aromatic N) is 4. The minimum absolute atomic E-state index is 0.00162. The van der Waals surface area contributed by atoms with Crippen LogP contribution in [0.2, 0.25) is 10.0 Å². The molecule has 2 amide bonds. The van der Waals surface area contributed by atoms with Gasteiger partial charge in [0.05, 0.1) is 53.4 Å². The van der Waals surface area contributed by atoms with Crippen LogP contribution in [-0.4, -0.2) is 67.2 Å². The molecule has 0 radical (unpaired) electrons. The summed E-state index contributed by atoms with van der Waals surface area (Å²) in [4.78, 5) is 84.8. The Hall–Kier alpha value is -3.78. The summed E-state index contributed by atoms with van der Waals surface area (Å²) in [5, 5.41) is 15.2. The predicted octanol–water partition coefficient (Wildman–Crippen LogP) is 3.30. The van der Waals surface area contributed by atoms with Gasteiger partial charge in [-0.15, -0.1) is 0 Å². The van der Waals surface area contributed by atoms with Crippen molar-refractivity contribution in [3.63, 3.8) is 0 Å². The lowest BCUT2D eigenvalue weighted by molar-refractivity contribution is -0.0511. The number of ether oxygens (including phenoxy) is 1. The number of aromatic nitrogens is 4. The number of aliphatic hydroxyl groups is 1. The fraction of sp³-hybridized carbons (Fsp3) is 0.353. The molecule has 0 aliphatic carbocycles. The van der Waals surface area contributed by atoms with Crippen LogP contribution >= 0.6 is 68.4 Å². The van der Waals surface area contributed by atoms with Crippen LogP contribution in [0, 0.1) is 7.14 Å². The largest absolute Gasteiger partial charge is 0.394 e. The fourth-order valence-electron chi connectivity index (χ4n) is 4.60. The zero-order chi connectivity index (χ0) is 42.1. The summed E-state index contributed by atoms with van der Waals surface area (Å²) in [5.41, 5.74) is 1.40. The van der Waals surface area contributed by atoms with Gasteiger partial charge in [-0.25, -0.2) is 20.5 Å². The topological polar surface area (TPSA) is 218 Å². The summed E-state index contributed by atoms with van der Waals surface area (Å²) >= 11 is 16.6. The van der Waals surface area contributed by atoms with E-state index in [4.69, 9.17) is 42.7 Å². The first-order valence-electron chi connectivity index (χ1n) is 16.3. The number of hydrogen-bond acceptors (Lipinski definition) is 12. The van der Waals surface area contributed by atoms with Gasteiger partial charge in [0.25, 0.3) is 22.9 Å². The van der Waals surface area contributed by atoms with Gasteiger partial charge in [0.15, 0.2) is 0 Å². The standard InChI is InChI=1S/C19H24ClIN4O5.C15H16ClIN4O5/c1-19(2,3)29-8-9-30-23-16(26)14-15(24(4)18(28)25(5)17(14)27)22-13-7-6-11(21)10-12(13)20;1-20-12(18-10-4-3-8(17)7-9(10)16)11(13(23)19-26-6-5-22)14(24)21(2)15(20)25/h6-7,10,22H,8-9H2,1-5H3,(H,23,26);3-4,7,18,22H,5-6H2,1-2H3,(H,19,23). The van der Waals surface area contributed by atoms with Crippen LogP contribution in [0.1, 0.15) is 41.5 Å². The smallest absolute Gasteiger partial charge is 0.332 e. The van der Waals surface area contributed by atoms with E-state index >= 15 is 0 Å². The summed E-state index contributed by atoms with van der Waals surface area (Å²) in [7, 11) is 5.41. The number of benzene rings is 2. The van der Waals surface area contributed by atoms with E-state index in [1.807, 2.05) is 20.8 Å². The highest BCUT2D eigenvalue weighted by Gasteiger charge is 2.25. The normalized spacial score (nSPS) is 11.1. The second-order valence-electron chi connectivity index (χ2n) is 12.6. The number of carbonyl (C=O) groups is 2. The number of hydrogen-bond donors (Lipinski definition) is 5. The molecular formula is C34H40Cl2I2N8O10. The monoisotopic (exact) mass is 1040 g/mol. The molecule has 0 aliphatic heterocycles. The molecule has 4 aromatic rings. The number of hydroxylamine groups is 2. The van der Waals surface area contributed by atoms with Gasteiger partial charge in [0.2, 0.25) is 0 Å². The number of nitrogens with one attached hydrogen (secondary N) is 4. The first-order chi connectivity index (χ1) is 26.2. The van der Waals surface area contributed by atoms with E-state index in [1.54, 1.807) is 36.4 Å².